The summed E-state index contributed by atoms with van der Waals surface area (Å²) in [6, 6.07) is 0. The van der Waals surface area contributed by atoms with Gasteiger partial charge in [-0.2, -0.15) is 0 Å². The second-order valence-corrected chi connectivity index (χ2v) is 10.7. The highest BCUT2D eigenvalue weighted by molar-refractivity contribution is 4.91. The summed E-state index contributed by atoms with van der Waals surface area (Å²) in [7, 11) is 0. The van der Waals surface area contributed by atoms with E-state index in [0.717, 1.165) is 42.4 Å². The van der Waals surface area contributed by atoms with Crippen LogP contribution < -0.4 is 0 Å². The van der Waals surface area contributed by atoms with Crippen LogP contribution in [0.2, 0.25) is 0 Å². The zero-order valence-electron chi connectivity index (χ0n) is 19.2. The van der Waals surface area contributed by atoms with Crippen LogP contribution in [0.4, 0.5) is 0 Å². The molecule has 0 bridgehead atoms. The highest BCUT2D eigenvalue weighted by Crippen LogP contribution is 2.50. The van der Waals surface area contributed by atoms with Gasteiger partial charge in [-0.1, -0.05) is 38.7 Å². The number of hydrogen-bond donors (Lipinski definition) is 2. The van der Waals surface area contributed by atoms with Gasteiger partial charge in [-0.15, -0.1) is 6.58 Å². The van der Waals surface area contributed by atoms with E-state index in [1.165, 1.54) is 77.0 Å². The maximum Gasteiger partial charge on any atom is 0.111 e. The van der Waals surface area contributed by atoms with Crippen LogP contribution >= 0.6 is 0 Å². The summed E-state index contributed by atoms with van der Waals surface area (Å²) in [5.74, 6) is 5.19. The molecule has 30 heavy (non-hydrogen) atoms. The van der Waals surface area contributed by atoms with Gasteiger partial charge >= 0.3 is 0 Å². The molecule has 0 spiro atoms. The molecular weight excluding hydrogens is 376 g/mol. The molecule has 0 saturated heterocycles. The van der Waals surface area contributed by atoms with Crippen LogP contribution in [0.15, 0.2) is 12.7 Å². The molecule has 4 nitrogen and oxygen atoms in total. The Kier molecular flexibility index (Phi) is 10.2. The SMILES string of the molecule is C=CC(CCCC(OO)C1CCC2CC(C3CCC(CCC)CC3)CCC2C1)OO. The van der Waals surface area contributed by atoms with Gasteiger partial charge in [0.1, 0.15) is 6.10 Å². The molecule has 3 aliphatic carbocycles. The molecule has 174 valence electrons. The fourth-order valence-corrected chi connectivity index (χ4v) is 7.19. The molecule has 0 amide bonds. The summed E-state index contributed by atoms with van der Waals surface area (Å²) in [5, 5.41) is 18.4. The Morgan fingerprint density at radius 3 is 2.10 bits per heavy atom. The van der Waals surface area contributed by atoms with Crippen molar-refractivity contribution < 1.29 is 20.3 Å². The first-order chi connectivity index (χ1) is 14.7. The fourth-order valence-electron chi connectivity index (χ4n) is 7.19. The fraction of sp³-hybridized carbons (Fsp3) is 0.923. The molecule has 2 N–H and O–H groups in total. The summed E-state index contributed by atoms with van der Waals surface area (Å²) in [4.78, 5) is 9.32. The zero-order valence-corrected chi connectivity index (χ0v) is 19.2. The average molecular weight is 423 g/mol. The van der Waals surface area contributed by atoms with E-state index >= 15 is 0 Å². The molecule has 3 fully saturated rings. The minimum atomic E-state index is -0.326. The molecule has 0 aromatic rings. The van der Waals surface area contributed by atoms with Crippen molar-refractivity contribution in [1.82, 2.24) is 0 Å². The van der Waals surface area contributed by atoms with E-state index in [0.29, 0.717) is 12.3 Å². The first-order valence-electron chi connectivity index (χ1n) is 12.9. The lowest BCUT2D eigenvalue weighted by Gasteiger charge is -2.46. The van der Waals surface area contributed by atoms with Gasteiger partial charge < -0.3 is 0 Å². The van der Waals surface area contributed by atoms with E-state index in [1.54, 1.807) is 6.08 Å². The molecule has 0 radical (unpaired) electrons. The van der Waals surface area contributed by atoms with Crippen LogP contribution in [0.25, 0.3) is 0 Å². The lowest BCUT2D eigenvalue weighted by Crippen LogP contribution is -2.37. The molecule has 3 saturated carbocycles. The molecule has 0 aromatic carbocycles. The standard InChI is InChI=1S/C26H46O4/c1-3-6-19-9-11-20(12-10-19)21-13-14-23-18-24(16-15-22(23)17-21)26(30-28)8-5-7-25(4-2)29-27/h4,19-28H,2-3,5-18H2,1H3. The molecule has 3 rings (SSSR count). The van der Waals surface area contributed by atoms with Gasteiger partial charge in [0.05, 0.1) is 6.10 Å². The van der Waals surface area contributed by atoms with Crippen molar-refractivity contribution in [2.24, 2.45) is 35.5 Å². The van der Waals surface area contributed by atoms with E-state index in [9.17, 15) is 5.26 Å². The van der Waals surface area contributed by atoms with E-state index in [-0.39, 0.29) is 12.2 Å². The Hall–Kier alpha value is -0.420. The van der Waals surface area contributed by atoms with Gasteiger partial charge in [-0.05, 0) is 106 Å². The van der Waals surface area contributed by atoms with Crippen molar-refractivity contribution in [2.45, 2.75) is 115 Å². The second kappa shape index (κ2) is 12.6. The minimum absolute atomic E-state index is 0.0818. The third-order valence-corrected chi connectivity index (χ3v) is 8.99. The van der Waals surface area contributed by atoms with Gasteiger partial charge in [0.25, 0.3) is 0 Å². The lowest BCUT2D eigenvalue weighted by atomic mass is 9.60. The van der Waals surface area contributed by atoms with Crippen LogP contribution in [0.5, 0.6) is 0 Å². The molecule has 0 heterocycles. The quantitative estimate of drug-likeness (QED) is 0.206. The predicted molar refractivity (Wildman–Crippen MR) is 121 cm³/mol. The van der Waals surface area contributed by atoms with Crippen LogP contribution in [-0.2, 0) is 9.78 Å². The van der Waals surface area contributed by atoms with E-state index in [4.69, 9.17) is 10.1 Å². The van der Waals surface area contributed by atoms with Gasteiger partial charge in [-0.3, -0.25) is 10.5 Å². The van der Waals surface area contributed by atoms with Crippen molar-refractivity contribution in [3.05, 3.63) is 12.7 Å². The molecule has 6 atom stereocenters. The maximum atomic E-state index is 9.52. The number of rotatable bonds is 11. The van der Waals surface area contributed by atoms with Crippen LogP contribution in [0.1, 0.15) is 103 Å². The summed E-state index contributed by atoms with van der Waals surface area (Å²) < 4.78 is 0. The van der Waals surface area contributed by atoms with Crippen LogP contribution in [-0.4, -0.2) is 22.7 Å². The monoisotopic (exact) mass is 422 g/mol. The van der Waals surface area contributed by atoms with Crippen molar-refractivity contribution in [1.29, 1.82) is 0 Å². The molecule has 3 aliphatic rings. The van der Waals surface area contributed by atoms with Gasteiger partial charge in [-0.25, -0.2) is 9.78 Å². The second-order valence-electron chi connectivity index (χ2n) is 10.7. The zero-order chi connectivity index (χ0) is 21.3. The highest BCUT2D eigenvalue weighted by atomic mass is 17.1. The van der Waals surface area contributed by atoms with Gasteiger partial charge in [0.2, 0.25) is 0 Å². The smallest absolute Gasteiger partial charge is 0.111 e. The first-order valence-corrected chi connectivity index (χ1v) is 12.9. The number of hydrogen-bond acceptors (Lipinski definition) is 4. The minimum Gasteiger partial charge on any atom is -0.252 e. The molecule has 4 heteroatoms. The third kappa shape index (κ3) is 6.54. The lowest BCUT2D eigenvalue weighted by molar-refractivity contribution is -0.296. The largest absolute Gasteiger partial charge is 0.252 e. The Morgan fingerprint density at radius 2 is 1.47 bits per heavy atom. The van der Waals surface area contributed by atoms with E-state index in [1.807, 2.05) is 0 Å². The highest BCUT2D eigenvalue weighted by Gasteiger charge is 2.40. The number of fused-ring (bicyclic) bond motifs is 1. The van der Waals surface area contributed by atoms with Crippen molar-refractivity contribution in [3.63, 3.8) is 0 Å². The van der Waals surface area contributed by atoms with Gasteiger partial charge in [0.15, 0.2) is 0 Å². The van der Waals surface area contributed by atoms with Crippen molar-refractivity contribution >= 4 is 0 Å². The molecule has 6 unspecified atom stereocenters. The predicted octanol–water partition coefficient (Wildman–Crippen LogP) is 7.50. The van der Waals surface area contributed by atoms with Crippen molar-refractivity contribution in [2.75, 3.05) is 0 Å². The first kappa shape index (κ1) is 24.2. The average Bonchev–Trinajstić information content (AvgIpc) is 2.79. The van der Waals surface area contributed by atoms with Crippen LogP contribution in [0, 0.1) is 35.5 Å². The summed E-state index contributed by atoms with van der Waals surface area (Å²) in [6.45, 7) is 6.00. The Balaban J connectivity index is 1.41. The molecule has 0 aliphatic heterocycles. The Morgan fingerprint density at radius 1 is 0.833 bits per heavy atom. The van der Waals surface area contributed by atoms with E-state index < -0.39 is 0 Å². The Labute approximate surface area is 184 Å². The molecular formula is C26H46O4. The normalized spacial score (nSPS) is 36.6. The summed E-state index contributed by atoms with van der Waals surface area (Å²) in [5.41, 5.74) is 0. The van der Waals surface area contributed by atoms with Crippen molar-refractivity contribution in [3.8, 4) is 0 Å². The van der Waals surface area contributed by atoms with E-state index in [2.05, 4.69) is 18.4 Å². The van der Waals surface area contributed by atoms with Crippen LogP contribution in [0.3, 0.4) is 0 Å². The summed E-state index contributed by atoms with van der Waals surface area (Å²) >= 11 is 0. The topological polar surface area (TPSA) is 58.9 Å². The Bertz CT molecular complexity index is 487. The summed E-state index contributed by atoms with van der Waals surface area (Å²) in [6.07, 6.45) is 20.3. The molecule has 0 aromatic heterocycles. The van der Waals surface area contributed by atoms with Gasteiger partial charge in [0, 0.05) is 0 Å². The maximum absolute atomic E-state index is 9.52. The third-order valence-electron chi connectivity index (χ3n) is 8.99.